The van der Waals surface area contributed by atoms with Gasteiger partial charge in [-0.05, 0) is 44.8 Å². The predicted octanol–water partition coefficient (Wildman–Crippen LogP) is 5.85. The van der Waals surface area contributed by atoms with Gasteiger partial charge in [0.05, 0.1) is 48.2 Å². The summed E-state index contributed by atoms with van der Waals surface area (Å²) in [5.41, 5.74) is 4.07. The number of methoxy groups -OCH3 is 1. The molecule has 0 spiro atoms. The normalized spacial score (nSPS) is 10.9. The number of halogens is 1. The van der Waals surface area contributed by atoms with Crippen molar-refractivity contribution in [2.24, 2.45) is 0 Å². The van der Waals surface area contributed by atoms with Crippen LogP contribution < -0.4 is 20.3 Å². The molecule has 2 N–H and O–H groups in total. The Balaban J connectivity index is 1.77. The predicted molar refractivity (Wildman–Crippen MR) is 169 cm³/mol. The summed E-state index contributed by atoms with van der Waals surface area (Å²) >= 11 is 6.59. The third kappa shape index (κ3) is 6.62. The van der Waals surface area contributed by atoms with Crippen LogP contribution in [0.15, 0.2) is 49.2 Å². The number of anilines is 4. The fraction of sp³-hybridized carbons (Fsp3) is 0.300. The number of amides is 1. The smallest absolute Gasteiger partial charge is 0.247 e. The third-order valence-corrected chi connectivity index (χ3v) is 6.85. The maximum Gasteiger partial charge on any atom is 0.247 e. The summed E-state index contributed by atoms with van der Waals surface area (Å²) < 4.78 is 7.39. The van der Waals surface area contributed by atoms with Crippen LogP contribution in [-0.2, 0) is 11.2 Å². The monoisotopic (exact) mass is 587 g/mol. The molecular formula is C30H34ClN9O2. The molecule has 0 aliphatic rings. The van der Waals surface area contributed by atoms with Crippen LogP contribution in [0.3, 0.4) is 0 Å². The van der Waals surface area contributed by atoms with Gasteiger partial charge < -0.3 is 25.2 Å². The van der Waals surface area contributed by atoms with Gasteiger partial charge in [0, 0.05) is 31.6 Å². The molecule has 0 bridgehead atoms. The Morgan fingerprint density at radius 3 is 2.67 bits per heavy atom. The molecule has 4 rings (SSSR count). The van der Waals surface area contributed by atoms with Crippen LogP contribution in [0, 0.1) is 6.57 Å². The van der Waals surface area contributed by atoms with Crippen LogP contribution in [-0.4, -0.2) is 71.9 Å². The fourth-order valence-electron chi connectivity index (χ4n) is 4.41. The fourth-order valence-corrected chi connectivity index (χ4v) is 4.59. The number of aromatic nitrogens is 4. The van der Waals surface area contributed by atoms with Gasteiger partial charge in [-0.3, -0.25) is 4.79 Å². The third-order valence-electron chi connectivity index (χ3n) is 6.58. The number of carbonyl (C=O) groups is 1. The zero-order valence-electron chi connectivity index (χ0n) is 24.4. The topological polar surface area (TPSA) is 105 Å². The first-order valence-corrected chi connectivity index (χ1v) is 13.8. The first-order chi connectivity index (χ1) is 20.2. The van der Waals surface area contributed by atoms with Crippen LogP contribution in [0.5, 0.6) is 5.75 Å². The number of nitrogens with one attached hydrogen (secondary N) is 2. The Morgan fingerprint density at radius 1 is 1.21 bits per heavy atom. The van der Waals surface area contributed by atoms with Crippen molar-refractivity contribution in [3.8, 4) is 11.6 Å². The molecule has 42 heavy (non-hydrogen) atoms. The Kier molecular flexibility index (Phi) is 9.62. The number of aryl methyl sites for hydroxylation is 1. The number of hydrogen-bond acceptors (Lipinski definition) is 8. The van der Waals surface area contributed by atoms with Gasteiger partial charge in [0.15, 0.2) is 11.5 Å². The molecule has 0 saturated heterocycles. The van der Waals surface area contributed by atoms with E-state index < -0.39 is 0 Å². The number of ether oxygens (including phenoxy) is 1. The summed E-state index contributed by atoms with van der Waals surface area (Å²) in [6, 6.07) is 9.06. The molecule has 0 unspecified atom stereocenters. The molecule has 218 valence electrons. The summed E-state index contributed by atoms with van der Waals surface area (Å²) in [7, 11) is 7.53. The van der Waals surface area contributed by atoms with Crippen LogP contribution in [0.4, 0.5) is 28.7 Å². The van der Waals surface area contributed by atoms with Crippen molar-refractivity contribution in [2.45, 2.75) is 19.8 Å². The van der Waals surface area contributed by atoms with Gasteiger partial charge in [-0.2, -0.15) is 10.1 Å². The van der Waals surface area contributed by atoms with Crippen molar-refractivity contribution in [3.63, 3.8) is 0 Å². The highest BCUT2D eigenvalue weighted by molar-refractivity contribution is 6.32. The molecule has 0 aliphatic carbocycles. The number of fused-ring (bicyclic) bond motifs is 1. The van der Waals surface area contributed by atoms with Crippen molar-refractivity contribution in [1.82, 2.24) is 24.6 Å². The quantitative estimate of drug-likeness (QED) is 0.157. The molecule has 11 nitrogen and oxygen atoms in total. The van der Waals surface area contributed by atoms with E-state index in [1.165, 1.54) is 12.3 Å². The summed E-state index contributed by atoms with van der Waals surface area (Å²) in [6.45, 7) is 14.6. The van der Waals surface area contributed by atoms with E-state index in [0.717, 1.165) is 48.2 Å². The zero-order chi connectivity index (χ0) is 30.4. The van der Waals surface area contributed by atoms with Crippen LogP contribution in [0.2, 0.25) is 5.02 Å². The SMILES string of the molecule is [C-]#[N+]c1ccc2c(c1)c(CCC)nn2-c1nc(Nc2cc(NC(=O)C=C)c(N(C)CCN(C)C)cc2OC)ncc1Cl. The average molecular weight is 588 g/mol. The minimum absolute atomic E-state index is 0.251. The molecule has 0 aliphatic heterocycles. The Labute approximate surface area is 250 Å². The molecule has 2 aromatic carbocycles. The molecule has 0 fully saturated rings. The molecular weight excluding hydrogens is 554 g/mol. The first kappa shape index (κ1) is 30.3. The second-order valence-corrected chi connectivity index (χ2v) is 10.3. The van der Waals surface area contributed by atoms with Crippen molar-refractivity contribution >= 4 is 57.1 Å². The zero-order valence-corrected chi connectivity index (χ0v) is 25.2. The maximum absolute atomic E-state index is 12.3. The van der Waals surface area contributed by atoms with Crippen molar-refractivity contribution < 1.29 is 9.53 Å². The number of nitrogens with zero attached hydrogens (tertiary/aromatic N) is 7. The second kappa shape index (κ2) is 13.3. The lowest BCUT2D eigenvalue weighted by atomic mass is 10.1. The second-order valence-electron chi connectivity index (χ2n) is 9.90. The van der Waals surface area contributed by atoms with E-state index in [1.807, 2.05) is 44.2 Å². The highest BCUT2D eigenvalue weighted by Gasteiger charge is 2.19. The summed E-state index contributed by atoms with van der Waals surface area (Å²) in [5.74, 6) is 0.824. The van der Waals surface area contributed by atoms with Gasteiger partial charge in [-0.15, -0.1) is 0 Å². The number of likely N-dealkylation sites (N-methyl/N-ethyl adjacent to an activating group) is 2. The van der Waals surface area contributed by atoms with E-state index in [4.69, 9.17) is 33.0 Å². The number of hydrogen-bond donors (Lipinski definition) is 2. The van der Waals surface area contributed by atoms with E-state index in [2.05, 4.69) is 38.9 Å². The van der Waals surface area contributed by atoms with Crippen molar-refractivity contribution in [3.05, 3.63) is 71.3 Å². The molecule has 12 heteroatoms. The molecule has 4 aromatic rings. The van der Waals surface area contributed by atoms with E-state index in [-0.39, 0.29) is 11.9 Å². The minimum Gasteiger partial charge on any atom is -0.494 e. The number of benzene rings is 2. The van der Waals surface area contributed by atoms with Crippen molar-refractivity contribution in [2.75, 3.05) is 56.9 Å². The van der Waals surface area contributed by atoms with Gasteiger partial charge in [0.25, 0.3) is 0 Å². The average Bonchev–Trinajstić information content (AvgIpc) is 3.34. The summed E-state index contributed by atoms with van der Waals surface area (Å²) in [5, 5.41) is 12.1. The Hall–Kier alpha value is -4.66. The van der Waals surface area contributed by atoms with Crippen LogP contribution in [0.25, 0.3) is 21.6 Å². The number of carbonyl (C=O) groups excluding carboxylic acids is 1. The van der Waals surface area contributed by atoms with E-state index in [0.29, 0.717) is 33.7 Å². The molecule has 1 amide bonds. The molecule has 0 saturated carbocycles. The summed E-state index contributed by atoms with van der Waals surface area (Å²) in [4.78, 5) is 29.1. The van der Waals surface area contributed by atoms with Crippen LogP contribution in [0.1, 0.15) is 19.0 Å². The molecule has 0 radical (unpaired) electrons. The lowest BCUT2D eigenvalue weighted by molar-refractivity contribution is -0.111. The number of rotatable bonds is 12. The standard InChI is InChI=1S/C30H34ClN9O2/c1-8-10-22-20-15-19(32-3)11-12-25(20)40(37-22)29-21(31)18-33-30(36-29)35-24-16-23(34-28(41)9-2)26(17-27(24)42-7)39(6)14-13-38(4)5/h9,11-12,15-18H,2,8,10,13-14H2,1,4-7H3,(H,34,41)(H,33,35,36). The largest absolute Gasteiger partial charge is 0.494 e. The lowest BCUT2D eigenvalue weighted by Gasteiger charge is -2.26. The van der Waals surface area contributed by atoms with E-state index in [1.54, 1.807) is 23.9 Å². The maximum atomic E-state index is 12.3. The van der Waals surface area contributed by atoms with Gasteiger partial charge in [0.2, 0.25) is 11.9 Å². The van der Waals surface area contributed by atoms with Gasteiger partial charge >= 0.3 is 0 Å². The van der Waals surface area contributed by atoms with Gasteiger partial charge in [0.1, 0.15) is 10.8 Å². The van der Waals surface area contributed by atoms with Gasteiger partial charge in [-0.1, -0.05) is 37.6 Å². The molecule has 2 aromatic heterocycles. The van der Waals surface area contributed by atoms with E-state index in [9.17, 15) is 4.79 Å². The first-order valence-electron chi connectivity index (χ1n) is 13.4. The molecule has 2 heterocycles. The highest BCUT2D eigenvalue weighted by Crippen LogP contribution is 2.38. The lowest BCUT2D eigenvalue weighted by Crippen LogP contribution is -2.29. The summed E-state index contributed by atoms with van der Waals surface area (Å²) in [6.07, 6.45) is 4.36. The Morgan fingerprint density at radius 2 is 2.00 bits per heavy atom. The van der Waals surface area contributed by atoms with Crippen molar-refractivity contribution in [1.29, 1.82) is 0 Å². The minimum atomic E-state index is -0.340. The van der Waals surface area contributed by atoms with Gasteiger partial charge in [-0.25, -0.2) is 14.5 Å². The molecule has 0 atom stereocenters. The van der Waals surface area contributed by atoms with Crippen LogP contribution >= 0.6 is 11.6 Å². The van der Waals surface area contributed by atoms with E-state index >= 15 is 0 Å². The Bertz CT molecular complexity index is 1660. The highest BCUT2D eigenvalue weighted by atomic mass is 35.5.